The molecule has 0 fully saturated rings. The number of ether oxygens (including phenoxy) is 2. The van der Waals surface area contributed by atoms with Crippen molar-refractivity contribution in [2.75, 3.05) is 23.8 Å². The molecule has 194 valence electrons. The Hall–Kier alpha value is -4.66. The van der Waals surface area contributed by atoms with E-state index >= 15 is 0 Å². The number of nitrogens with zero attached hydrogens (tertiary/aromatic N) is 1. The van der Waals surface area contributed by atoms with Gasteiger partial charge in [-0.1, -0.05) is 36.4 Å². The van der Waals surface area contributed by atoms with Gasteiger partial charge in [-0.2, -0.15) is 5.10 Å². The third-order valence-corrected chi connectivity index (χ3v) is 6.18. The quantitative estimate of drug-likeness (QED) is 0.305. The molecular weight excluding hydrogens is 487 g/mol. The van der Waals surface area contributed by atoms with Gasteiger partial charge in [-0.15, -0.1) is 0 Å². The molecule has 2 heterocycles. The summed E-state index contributed by atoms with van der Waals surface area (Å²) >= 11 is 0. The molecule has 4 aromatic rings. The summed E-state index contributed by atoms with van der Waals surface area (Å²) in [6.45, 7) is 0.928. The van der Waals surface area contributed by atoms with Crippen molar-refractivity contribution in [3.8, 4) is 11.5 Å². The second kappa shape index (κ2) is 11.6. The Morgan fingerprint density at radius 3 is 2.53 bits per heavy atom. The van der Waals surface area contributed by atoms with E-state index in [0.717, 1.165) is 29.8 Å². The number of H-pyrrole nitrogens is 1. The van der Waals surface area contributed by atoms with Gasteiger partial charge in [-0.05, 0) is 60.4 Å². The minimum atomic E-state index is -0.559. The van der Waals surface area contributed by atoms with E-state index in [9.17, 15) is 14.0 Å². The van der Waals surface area contributed by atoms with Crippen molar-refractivity contribution in [1.29, 1.82) is 0 Å². The highest BCUT2D eigenvalue weighted by atomic mass is 19.1. The fraction of sp³-hybridized carbons (Fsp3) is 0.207. The molecule has 0 aliphatic carbocycles. The summed E-state index contributed by atoms with van der Waals surface area (Å²) in [5.74, 6) is 0.115. The molecule has 0 unspecified atom stereocenters. The molecule has 3 aromatic carbocycles. The molecule has 1 amide bonds. The highest BCUT2D eigenvalue weighted by molar-refractivity contribution is 5.92. The fourth-order valence-electron chi connectivity index (χ4n) is 4.26. The number of hydrogen-bond acceptors (Lipinski definition) is 6. The number of carbonyl (C=O) groups is 1. The van der Waals surface area contributed by atoms with Gasteiger partial charge in [0, 0.05) is 18.5 Å². The number of nitrogens with one attached hydrogen (secondary N) is 3. The first-order chi connectivity index (χ1) is 18.5. The first-order valence-corrected chi connectivity index (χ1v) is 12.4. The van der Waals surface area contributed by atoms with Gasteiger partial charge in [-0.25, -0.2) is 9.49 Å². The standard InChI is InChI=1S/C29H27FN4O4/c30-24-13-8-20(16-26-28-23(7-4-14-31-28)29(36)34-33-26)15-25(24)32-27(35)18-38-22-11-9-21(10-12-22)37-17-19-5-2-1-3-6-19/h1-3,5-6,8-13,15,31H,4,7,14,16-18H2,(H,32,35)(H,34,36). The van der Waals surface area contributed by atoms with Crippen molar-refractivity contribution >= 4 is 17.3 Å². The highest BCUT2D eigenvalue weighted by Gasteiger charge is 2.18. The lowest BCUT2D eigenvalue weighted by molar-refractivity contribution is -0.118. The monoisotopic (exact) mass is 514 g/mol. The van der Waals surface area contributed by atoms with Crippen molar-refractivity contribution in [3.63, 3.8) is 0 Å². The van der Waals surface area contributed by atoms with Crippen LogP contribution in [0, 0.1) is 5.82 Å². The zero-order valence-electron chi connectivity index (χ0n) is 20.6. The minimum Gasteiger partial charge on any atom is -0.489 e. The van der Waals surface area contributed by atoms with Gasteiger partial charge in [0.1, 0.15) is 23.9 Å². The average molecular weight is 515 g/mol. The molecule has 0 saturated heterocycles. The second-order valence-corrected chi connectivity index (χ2v) is 8.96. The molecule has 5 rings (SSSR count). The summed E-state index contributed by atoms with van der Waals surface area (Å²) in [6.07, 6.45) is 1.92. The van der Waals surface area contributed by atoms with Gasteiger partial charge in [0.15, 0.2) is 6.61 Å². The Morgan fingerprint density at radius 1 is 0.974 bits per heavy atom. The first-order valence-electron chi connectivity index (χ1n) is 12.4. The van der Waals surface area contributed by atoms with Crippen LogP contribution in [0.1, 0.15) is 28.8 Å². The van der Waals surface area contributed by atoms with Crippen LogP contribution in [0.15, 0.2) is 77.6 Å². The van der Waals surface area contributed by atoms with Gasteiger partial charge in [0.05, 0.1) is 17.1 Å². The van der Waals surface area contributed by atoms with E-state index in [1.54, 1.807) is 36.4 Å². The largest absolute Gasteiger partial charge is 0.489 e. The molecule has 0 bridgehead atoms. The molecule has 0 atom stereocenters. The molecule has 1 aliphatic rings. The molecule has 8 nitrogen and oxygen atoms in total. The molecular formula is C29H27FN4O4. The number of aromatic amines is 1. The fourth-order valence-corrected chi connectivity index (χ4v) is 4.26. The summed E-state index contributed by atoms with van der Waals surface area (Å²) in [5.41, 5.74) is 3.74. The van der Waals surface area contributed by atoms with E-state index in [1.165, 1.54) is 6.07 Å². The van der Waals surface area contributed by atoms with Crippen LogP contribution in [-0.4, -0.2) is 29.3 Å². The number of rotatable bonds is 9. The van der Waals surface area contributed by atoms with Crippen LogP contribution in [0.3, 0.4) is 0 Å². The maximum Gasteiger partial charge on any atom is 0.269 e. The third kappa shape index (κ3) is 6.18. The van der Waals surface area contributed by atoms with Crippen LogP contribution >= 0.6 is 0 Å². The number of fused-ring (bicyclic) bond motifs is 1. The van der Waals surface area contributed by atoms with Gasteiger partial charge >= 0.3 is 0 Å². The van der Waals surface area contributed by atoms with Crippen molar-refractivity contribution in [1.82, 2.24) is 10.2 Å². The predicted molar refractivity (Wildman–Crippen MR) is 142 cm³/mol. The third-order valence-electron chi connectivity index (χ3n) is 6.18. The summed E-state index contributed by atoms with van der Waals surface area (Å²) in [6, 6.07) is 21.3. The molecule has 3 N–H and O–H groups in total. The number of amides is 1. The molecule has 0 radical (unpaired) electrons. The number of aromatic nitrogens is 2. The predicted octanol–water partition coefficient (Wildman–Crippen LogP) is 4.45. The summed E-state index contributed by atoms with van der Waals surface area (Å²) in [4.78, 5) is 24.6. The Morgan fingerprint density at radius 2 is 1.74 bits per heavy atom. The Labute approximate surface area is 218 Å². The van der Waals surface area contributed by atoms with Crippen molar-refractivity contribution < 1.29 is 18.7 Å². The van der Waals surface area contributed by atoms with Crippen LogP contribution in [0.25, 0.3) is 0 Å². The number of halogens is 1. The van der Waals surface area contributed by atoms with Gasteiger partial charge < -0.3 is 20.1 Å². The van der Waals surface area contributed by atoms with Crippen LogP contribution in [-0.2, 0) is 24.2 Å². The summed E-state index contributed by atoms with van der Waals surface area (Å²) in [5, 5.41) is 12.5. The summed E-state index contributed by atoms with van der Waals surface area (Å²) in [7, 11) is 0. The Balaban J connectivity index is 1.16. The van der Waals surface area contributed by atoms with Crippen LogP contribution in [0.2, 0.25) is 0 Å². The molecule has 38 heavy (non-hydrogen) atoms. The Kier molecular flexibility index (Phi) is 7.63. The van der Waals surface area contributed by atoms with Crippen molar-refractivity contribution in [2.24, 2.45) is 0 Å². The topological polar surface area (TPSA) is 105 Å². The van der Waals surface area contributed by atoms with Crippen molar-refractivity contribution in [2.45, 2.75) is 25.9 Å². The highest BCUT2D eigenvalue weighted by Crippen LogP contribution is 2.25. The lowest BCUT2D eigenvalue weighted by atomic mass is 10.0. The SMILES string of the molecule is O=C(COc1ccc(OCc2ccccc2)cc1)Nc1cc(Cc2n[nH]c(=O)c3c2NCCC3)ccc1F. The van der Waals surface area contributed by atoms with Crippen LogP contribution in [0.4, 0.5) is 15.8 Å². The van der Waals surface area contributed by atoms with Crippen molar-refractivity contribution in [3.05, 3.63) is 111 Å². The summed E-state index contributed by atoms with van der Waals surface area (Å²) < 4.78 is 25.8. The van der Waals surface area contributed by atoms with E-state index in [-0.39, 0.29) is 17.9 Å². The van der Waals surface area contributed by atoms with Gasteiger partial charge in [0.2, 0.25) is 0 Å². The second-order valence-electron chi connectivity index (χ2n) is 8.96. The maximum atomic E-state index is 14.5. The van der Waals surface area contributed by atoms with E-state index < -0.39 is 11.7 Å². The zero-order valence-corrected chi connectivity index (χ0v) is 20.6. The van der Waals surface area contributed by atoms with E-state index in [0.29, 0.717) is 42.2 Å². The average Bonchev–Trinajstić information content (AvgIpc) is 2.95. The minimum absolute atomic E-state index is 0.0482. The van der Waals surface area contributed by atoms with Gasteiger partial charge in [0.25, 0.3) is 11.5 Å². The Bertz CT molecular complexity index is 1470. The lowest BCUT2D eigenvalue weighted by Crippen LogP contribution is -2.25. The normalized spacial score (nSPS) is 12.2. The number of anilines is 2. The molecule has 1 aliphatic heterocycles. The number of carbonyl (C=O) groups excluding carboxylic acids is 1. The van der Waals surface area contributed by atoms with Crippen LogP contribution < -0.4 is 25.7 Å². The smallest absolute Gasteiger partial charge is 0.269 e. The molecule has 0 saturated carbocycles. The molecule has 1 aromatic heterocycles. The van der Waals surface area contributed by atoms with E-state index in [4.69, 9.17) is 9.47 Å². The first kappa shape index (κ1) is 25.0. The molecule has 0 spiro atoms. The zero-order chi connectivity index (χ0) is 26.3. The van der Waals surface area contributed by atoms with E-state index in [1.807, 2.05) is 30.3 Å². The van der Waals surface area contributed by atoms with Crippen LogP contribution in [0.5, 0.6) is 11.5 Å². The lowest BCUT2D eigenvalue weighted by Gasteiger charge is -2.19. The van der Waals surface area contributed by atoms with Gasteiger partial charge in [-0.3, -0.25) is 9.59 Å². The maximum absolute atomic E-state index is 14.5. The molecule has 9 heteroatoms. The van der Waals surface area contributed by atoms with E-state index in [2.05, 4.69) is 20.8 Å². The number of hydrogen-bond donors (Lipinski definition) is 3. The number of benzene rings is 3.